The highest BCUT2D eigenvalue weighted by molar-refractivity contribution is 7.91. The number of halogens is 1. The maximum atomic E-state index is 15.7. The van der Waals surface area contributed by atoms with Gasteiger partial charge in [-0.3, -0.25) is 9.78 Å². The van der Waals surface area contributed by atoms with Crippen LogP contribution in [0.15, 0.2) is 60.8 Å². The van der Waals surface area contributed by atoms with Crippen molar-refractivity contribution in [1.82, 2.24) is 24.9 Å². The Morgan fingerprint density at radius 3 is 2.53 bits per heavy atom. The highest BCUT2D eigenvalue weighted by Gasteiger charge is 2.28. The van der Waals surface area contributed by atoms with Gasteiger partial charge in [-0.1, -0.05) is 6.07 Å². The van der Waals surface area contributed by atoms with E-state index in [1.807, 2.05) is 0 Å². The van der Waals surface area contributed by atoms with Gasteiger partial charge in [-0.25, -0.2) is 28.8 Å². The number of thiazole rings is 1. The number of nitrogens with one attached hydrogen (secondary N) is 1. The number of rotatable bonds is 7. The number of hydrogen-bond donors (Lipinski definition) is 2. The van der Waals surface area contributed by atoms with Crippen LogP contribution in [0.4, 0.5) is 15.1 Å². The smallest absolute Gasteiger partial charge is 0.316 e. The second-order valence-corrected chi connectivity index (χ2v) is 9.66. The zero-order valence-electron chi connectivity index (χ0n) is 18.4. The summed E-state index contributed by atoms with van der Waals surface area (Å²) in [5.74, 6) is -1.73. The van der Waals surface area contributed by atoms with Crippen molar-refractivity contribution in [2.75, 3.05) is 11.4 Å². The van der Waals surface area contributed by atoms with Gasteiger partial charge < -0.3 is 9.72 Å². The third kappa shape index (κ3) is 4.17. The Bertz CT molecular complexity index is 1690. The molecule has 0 aliphatic carbocycles. The van der Waals surface area contributed by atoms with Crippen molar-refractivity contribution in [2.24, 2.45) is 5.14 Å². The number of pyridine rings is 1. The van der Waals surface area contributed by atoms with Crippen LogP contribution in [-0.2, 0) is 10.2 Å². The molecule has 0 atom stereocenters. The van der Waals surface area contributed by atoms with Crippen LogP contribution >= 0.6 is 11.3 Å². The Morgan fingerprint density at radius 2 is 1.86 bits per heavy atom. The fourth-order valence-corrected chi connectivity index (χ4v) is 5.31. The zero-order chi connectivity index (χ0) is 25.4. The molecule has 0 fully saturated rings. The van der Waals surface area contributed by atoms with E-state index >= 15 is 4.39 Å². The van der Waals surface area contributed by atoms with E-state index in [0.29, 0.717) is 26.5 Å². The van der Waals surface area contributed by atoms with Gasteiger partial charge in [0.1, 0.15) is 10.6 Å². The molecule has 0 saturated carbocycles. The van der Waals surface area contributed by atoms with E-state index in [1.54, 1.807) is 24.7 Å². The molecule has 14 heteroatoms. The SMILES string of the molecule is COc1ncc(-c2cnc3[nH]cc(C(=O)c4cccc(N(c5cncs5)S(N)(=O)=O)c4F)c3c2)cn1. The molecule has 0 radical (unpaired) electrons. The first kappa shape index (κ1) is 23.5. The summed E-state index contributed by atoms with van der Waals surface area (Å²) in [6, 6.07) is 5.76. The first-order chi connectivity index (χ1) is 17.3. The molecule has 182 valence electrons. The summed E-state index contributed by atoms with van der Waals surface area (Å²) in [5, 5.41) is 5.86. The molecule has 1 aromatic carbocycles. The number of H-pyrrole nitrogens is 1. The van der Waals surface area contributed by atoms with Gasteiger partial charge in [0.05, 0.1) is 30.1 Å². The summed E-state index contributed by atoms with van der Waals surface area (Å²) >= 11 is 0.950. The van der Waals surface area contributed by atoms with Gasteiger partial charge in [0.15, 0.2) is 11.6 Å². The number of ether oxygens (including phenoxy) is 1. The van der Waals surface area contributed by atoms with Gasteiger partial charge in [0.25, 0.3) is 0 Å². The molecule has 11 nitrogen and oxygen atoms in total. The molecule has 5 rings (SSSR count). The Kier molecular flexibility index (Phi) is 5.91. The van der Waals surface area contributed by atoms with Crippen molar-refractivity contribution in [3.05, 3.63) is 77.7 Å². The van der Waals surface area contributed by atoms with Crippen molar-refractivity contribution in [2.45, 2.75) is 0 Å². The summed E-state index contributed by atoms with van der Waals surface area (Å²) in [6.07, 6.45) is 7.33. The Hall–Kier alpha value is -4.27. The predicted octanol–water partition coefficient (Wildman–Crippen LogP) is 3.20. The normalized spacial score (nSPS) is 11.5. The lowest BCUT2D eigenvalue weighted by Gasteiger charge is -2.20. The van der Waals surface area contributed by atoms with Crippen LogP contribution in [0.2, 0.25) is 0 Å². The second-order valence-electron chi connectivity index (χ2n) is 7.40. The quantitative estimate of drug-likeness (QED) is 0.307. The molecule has 5 aromatic rings. The van der Waals surface area contributed by atoms with E-state index in [4.69, 9.17) is 9.88 Å². The number of carbonyl (C=O) groups excluding carboxylic acids is 1. The van der Waals surface area contributed by atoms with E-state index < -0.39 is 27.5 Å². The maximum absolute atomic E-state index is 15.7. The fraction of sp³-hybridized carbons (Fsp3) is 0.0455. The van der Waals surface area contributed by atoms with Gasteiger partial charge in [0.2, 0.25) is 0 Å². The molecule has 4 aromatic heterocycles. The highest BCUT2D eigenvalue weighted by Crippen LogP contribution is 2.35. The van der Waals surface area contributed by atoms with Crippen molar-refractivity contribution in [3.8, 4) is 17.1 Å². The molecule has 36 heavy (non-hydrogen) atoms. The average Bonchev–Trinajstić information content (AvgIpc) is 3.54. The monoisotopic (exact) mass is 525 g/mol. The molecule has 0 aliphatic heterocycles. The van der Waals surface area contributed by atoms with Gasteiger partial charge in [0, 0.05) is 46.9 Å². The molecular formula is C22H16FN7O4S2. The topological polar surface area (TPSA) is 157 Å². The van der Waals surface area contributed by atoms with Gasteiger partial charge in [-0.2, -0.15) is 8.42 Å². The molecule has 0 spiro atoms. The maximum Gasteiger partial charge on any atom is 0.316 e. The van der Waals surface area contributed by atoms with Crippen LogP contribution in [0.5, 0.6) is 6.01 Å². The molecule has 0 bridgehead atoms. The number of aromatic amines is 1. The zero-order valence-corrected chi connectivity index (χ0v) is 20.0. The molecule has 0 saturated heterocycles. The van der Waals surface area contributed by atoms with Gasteiger partial charge in [-0.15, -0.1) is 11.3 Å². The predicted molar refractivity (Wildman–Crippen MR) is 131 cm³/mol. The van der Waals surface area contributed by atoms with Crippen molar-refractivity contribution >= 4 is 49.1 Å². The number of nitrogens with zero attached hydrogens (tertiary/aromatic N) is 5. The Balaban J connectivity index is 1.58. The summed E-state index contributed by atoms with van der Waals surface area (Å²) in [5.41, 5.74) is 2.44. The first-order valence-electron chi connectivity index (χ1n) is 10.2. The van der Waals surface area contributed by atoms with Crippen LogP contribution in [0.25, 0.3) is 22.2 Å². The molecule has 3 N–H and O–H groups in total. The van der Waals surface area contributed by atoms with Crippen LogP contribution in [-0.4, -0.2) is 46.2 Å². The van der Waals surface area contributed by atoms with Crippen molar-refractivity contribution in [3.63, 3.8) is 0 Å². The van der Waals surface area contributed by atoms with E-state index in [0.717, 1.165) is 11.3 Å². The molecule has 0 amide bonds. The summed E-state index contributed by atoms with van der Waals surface area (Å²) < 4.78 is 45.8. The second kappa shape index (κ2) is 9.07. The van der Waals surface area contributed by atoms with Crippen molar-refractivity contribution in [1.29, 1.82) is 0 Å². The summed E-state index contributed by atoms with van der Waals surface area (Å²) in [6.45, 7) is 0. The van der Waals surface area contributed by atoms with Crippen LogP contribution < -0.4 is 14.2 Å². The summed E-state index contributed by atoms with van der Waals surface area (Å²) in [4.78, 5) is 32.7. The lowest BCUT2D eigenvalue weighted by molar-refractivity contribution is 0.103. The number of benzene rings is 1. The number of fused-ring (bicyclic) bond motifs is 1. The summed E-state index contributed by atoms with van der Waals surface area (Å²) in [7, 11) is -2.97. The van der Waals surface area contributed by atoms with Crippen LogP contribution in [0.3, 0.4) is 0 Å². The Labute approximate surface area is 207 Å². The van der Waals surface area contributed by atoms with Crippen LogP contribution in [0.1, 0.15) is 15.9 Å². The molecule has 4 heterocycles. The average molecular weight is 526 g/mol. The van der Waals surface area contributed by atoms with E-state index in [-0.39, 0.29) is 22.1 Å². The van der Waals surface area contributed by atoms with E-state index in [9.17, 15) is 13.2 Å². The van der Waals surface area contributed by atoms with Gasteiger partial charge in [-0.05, 0) is 18.2 Å². The van der Waals surface area contributed by atoms with E-state index in [2.05, 4.69) is 24.9 Å². The highest BCUT2D eigenvalue weighted by atomic mass is 32.2. The minimum Gasteiger partial charge on any atom is -0.467 e. The largest absolute Gasteiger partial charge is 0.467 e. The van der Waals surface area contributed by atoms with Crippen LogP contribution in [0, 0.1) is 5.82 Å². The number of anilines is 2. The Morgan fingerprint density at radius 1 is 1.11 bits per heavy atom. The number of carbonyl (C=O) groups is 1. The lowest BCUT2D eigenvalue weighted by Crippen LogP contribution is -2.33. The standard InChI is InChI=1S/C22H16FN7O4S2/c1-34-22-28-7-13(8-29-22)12-5-15-16(9-27-21(15)26-6-12)20(31)14-3-2-4-17(19(14)23)30(36(24,32)33)18-10-25-11-35-18/h2-11H,1H3,(H,26,27)(H2,24,32,33). The van der Waals surface area contributed by atoms with Crippen molar-refractivity contribution < 1.29 is 22.3 Å². The fourth-order valence-electron chi connectivity index (χ4n) is 3.61. The number of nitrogens with two attached hydrogens (primary N) is 1. The number of aromatic nitrogens is 5. The number of hydrogen-bond acceptors (Lipinski definition) is 9. The lowest BCUT2D eigenvalue weighted by atomic mass is 10.0. The third-order valence-corrected chi connectivity index (χ3v) is 7.01. The molecule has 0 aliphatic rings. The van der Waals surface area contributed by atoms with Gasteiger partial charge >= 0.3 is 16.2 Å². The minimum atomic E-state index is -4.42. The number of methoxy groups -OCH3 is 1. The molecule has 0 unspecified atom stereocenters. The van der Waals surface area contributed by atoms with E-state index in [1.165, 1.54) is 43.2 Å². The first-order valence-corrected chi connectivity index (χ1v) is 12.5. The number of ketones is 1. The molecular weight excluding hydrogens is 509 g/mol. The third-order valence-electron chi connectivity index (χ3n) is 5.24. The minimum absolute atomic E-state index is 0.0728.